The molecule has 2 aromatic rings. The van der Waals surface area contributed by atoms with Crippen LogP contribution in [0.3, 0.4) is 0 Å². The van der Waals surface area contributed by atoms with E-state index in [1.165, 1.54) is 0 Å². The van der Waals surface area contributed by atoms with Crippen LogP contribution in [-0.4, -0.2) is 49.9 Å². The van der Waals surface area contributed by atoms with Crippen LogP contribution < -0.4 is 5.32 Å². The number of carbonyl (C=O) groups is 1. The Labute approximate surface area is 187 Å². The molecule has 0 spiro atoms. The maximum absolute atomic E-state index is 13.0. The highest BCUT2D eigenvalue weighted by molar-refractivity contribution is 7.85. The zero-order chi connectivity index (χ0) is 21.8. The number of hydrogen-bond acceptors (Lipinski definition) is 4. The zero-order valence-electron chi connectivity index (χ0n) is 18.4. The lowest BCUT2D eigenvalue weighted by molar-refractivity contribution is 0.198. The van der Waals surface area contributed by atoms with Gasteiger partial charge in [-0.25, -0.2) is 4.79 Å². The Morgan fingerprint density at radius 3 is 2.52 bits per heavy atom. The van der Waals surface area contributed by atoms with Crippen molar-refractivity contribution in [2.24, 2.45) is 5.92 Å². The molecule has 0 saturated carbocycles. The monoisotopic (exact) mass is 440 g/mol. The van der Waals surface area contributed by atoms with E-state index in [2.05, 4.69) is 29.0 Å². The van der Waals surface area contributed by atoms with E-state index in [-0.39, 0.29) is 11.3 Å². The number of urea groups is 1. The highest BCUT2D eigenvalue weighted by Crippen LogP contribution is 2.23. The van der Waals surface area contributed by atoms with Gasteiger partial charge in [0.25, 0.3) is 0 Å². The van der Waals surface area contributed by atoms with Crippen molar-refractivity contribution in [3.8, 4) is 0 Å². The molecule has 2 aliphatic rings. The molecular formula is C24H32N4O2S. The SMILES string of the molecule is CC(C)CN1CCC(S(=O)c2ccc(CNC(=O)N3Cc4ccncc4C3)cc2)CC1. The predicted octanol–water partition coefficient (Wildman–Crippen LogP) is 3.54. The van der Waals surface area contributed by atoms with Crippen molar-refractivity contribution in [1.29, 1.82) is 0 Å². The number of pyridine rings is 1. The van der Waals surface area contributed by atoms with Crippen molar-refractivity contribution in [3.05, 3.63) is 59.4 Å². The number of nitrogens with zero attached hydrogens (tertiary/aromatic N) is 3. The second-order valence-corrected chi connectivity index (χ2v) is 10.7. The molecule has 7 heteroatoms. The van der Waals surface area contributed by atoms with Gasteiger partial charge in [-0.3, -0.25) is 9.19 Å². The first-order valence-electron chi connectivity index (χ1n) is 11.2. The Balaban J connectivity index is 1.25. The first-order valence-corrected chi connectivity index (χ1v) is 12.4. The molecule has 1 unspecified atom stereocenters. The summed E-state index contributed by atoms with van der Waals surface area (Å²) < 4.78 is 13.0. The van der Waals surface area contributed by atoms with Gasteiger partial charge in [-0.05, 0) is 66.7 Å². The number of benzene rings is 1. The lowest BCUT2D eigenvalue weighted by atomic mass is 10.1. The summed E-state index contributed by atoms with van der Waals surface area (Å²) in [5.41, 5.74) is 3.28. The molecule has 6 nitrogen and oxygen atoms in total. The molecule has 31 heavy (non-hydrogen) atoms. The fraction of sp³-hybridized carbons (Fsp3) is 0.500. The van der Waals surface area contributed by atoms with Crippen LogP contribution in [0.15, 0.2) is 47.6 Å². The molecule has 1 fully saturated rings. The van der Waals surface area contributed by atoms with Crippen LogP contribution in [0.5, 0.6) is 0 Å². The van der Waals surface area contributed by atoms with E-state index in [1.807, 2.05) is 36.5 Å². The lowest BCUT2D eigenvalue weighted by Gasteiger charge is -2.32. The van der Waals surface area contributed by atoms with E-state index >= 15 is 0 Å². The van der Waals surface area contributed by atoms with E-state index in [9.17, 15) is 9.00 Å². The molecule has 2 aliphatic heterocycles. The number of hydrogen-bond donors (Lipinski definition) is 1. The Morgan fingerprint density at radius 1 is 1.13 bits per heavy atom. The van der Waals surface area contributed by atoms with Crippen LogP contribution in [0.2, 0.25) is 0 Å². The third kappa shape index (κ3) is 5.52. The van der Waals surface area contributed by atoms with E-state index in [0.29, 0.717) is 25.6 Å². The van der Waals surface area contributed by atoms with Crippen LogP contribution in [0.4, 0.5) is 4.79 Å². The van der Waals surface area contributed by atoms with Gasteiger partial charge in [-0.1, -0.05) is 26.0 Å². The third-order valence-electron chi connectivity index (χ3n) is 6.07. The summed E-state index contributed by atoms with van der Waals surface area (Å²) in [6.45, 7) is 9.38. The molecule has 4 rings (SSSR count). The van der Waals surface area contributed by atoms with E-state index in [4.69, 9.17) is 0 Å². The summed E-state index contributed by atoms with van der Waals surface area (Å²) in [4.78, 5) is 21.8. The normalized spacial score (nSPS) is 18.2. The predicted molar refractivity (Wildman–Crippen MR) is 123 cm³/mol. The standard InChI is InChI=1S/C24H32N4O2S/c1-18(2)15-27-11-8-23(9-12-27)31(30)22-5-3-19(4-6-22)13-26-24(29)28-16-20-7-10-25-14-21(20)17-28/h3-7,10,14,18,23H,8-9,11-13,15-17H2,1-2H3,(H,26,29). The van der Waals surface area contributed by atoms with Gasteiger partial charge in [0.2, 0.25) is 0 Å². The van der Waals surface area contributed by atoms with Crippen LogP contribution in [-0.2, 0) is 30.4 Å². The highest BCUT2D eigenvalue weighted by atomic mass is 32.2. The number of carbonyl (C=O) groups excluding carboxylic acids is 1. The minimum absolute atomic E-state index is 0.0722. The summed E-state index contributed by atoms with van der Waals surface area (Å²) in [5, 5.41) is 3.23. The first kappa shape index (κ1) is 22.0. The number of rotatable bonds is 6. The third-order valence-corrected chi connectivity index (χ3v) is 7.89. The number of nitrogens with one attached hydrogen (secondary N) is 1. The molecule has 1 aromatic carbocycles. The molecule has 1 atom stereocenters. The average Bonchev–Trinajstić information content (AvgIpc) is 3.22. The quantitative estimate of drug-likeness (QED) is 0.746. The van der Waals surface area contributed by atoms with Crippen LogP contribution in [0.1, 0.15) is 43.4 Å². The fourth-order valence-corrected chi connectivity index (χ4v) is 5.84. The molecule has 2 amide bonds. The fourth-order valence-electron chi connectivity index (χ4n) is 4.41. The molecule has 166 valence electrons. The molecule has 3 heterocycles. The van der Waals surface area contributed by atoms with Gasteiger partial charge in [0.15, 0.2) is 0 Å². The van der Waals surface area contributed by atoms with Crippen LogP contribution in [0, 0.1) is 5.92 Å². The minimum atomic E-state index is -0.971. The van der Waals surface area contributed by atoms with Crippen molar-refractivity contribution in [3.63, 3.8) is 0 Å². The second-order valence-electron chi connectivity index (χ2n) is 8.99. The summed E-state index contributed by atoms with van der Waals surface area (Å²) >= 11 is 0. The molecule has 0 aliphatic carbocycles. The van der Waals surface area contributed by atoms with Crippen molar-refractivity contribution in [1.82, 2.24) is 20.1 Å². The average molecular weight is 441 g/mol. The van der Waals surface area contributed by atoms with Gasteiger partial charge in [0, 0.05) is 48.7 Å². The molecule has 1 saturated heterocycles. The summed E-state index contributed by atoms with van der Waals surface area (Å²) in [6, 6.07) is 9.76. The molecule has 0 bridgehead atoms. The van der Waals surface area contributed by atoms with Crippen molar-refractivity contribution in [2.45, 2.75) is 56.5 Å². The lowest BCUT2D eigenvalue weighted by Crippen LogP contribution is -2.39. The Hall–Kier alpha value is -2.25. The summed E-state index contributed by atoms with van der Waals surface area (Å²) in [6.07, 6.45) is 5.58. The van der Waals surface area contributed by atoms with Crippen molar-refractivity contribution in [2.75, 3.05) is 19.6 Å². The Bertz CT molecular complexity index is 898. The van der Waals surface area contributed by atoms with E-state index in [1.54, 1.807) is 11.1 Å². The maximum Gasteiger partial charge on any atom is 0.318 e. The van der Waals surface area contributed by atoms with Crippen molar-refractivity contribution < 1.29 is 9.00 Å². The minimum Gasteiger partial charge on any atom is -0.334 e. The largest absolute Gasteiger partial charge is 0.334 e. The van der Waals surface area contributed by atoms with Gasteiger partial charge in [-0.15, -0.1) is 0 Å². The Morgan fingerprint density at radius 2 is 1.84 bits per heavy atom. The molecule has 1 N–H and O–H groups in total. The summed E-state index contributed by atoms with van der Waals surface area (Å²) in [7, 11) is -0.971. The second kappa shape index (κ2) is 9.92. The van der Waals surface area contributed by atoms with Crippen LogP contribution >= 0.6 is 0 Å². The van der Waals surface area contributed by atoms with E-state index < -0.39 is 10.8 Å². The van der Waals surface area contributed by atoms with Crippen molar-refractivity contribution >= 4 is 16.8 Å². The number of fused-ring (bicyclic) bond motifs is 1. The van der Waals surface area contributed by atoms with Gasteiger partial charge in [0.05, 0.1) is 10.8 Å². The topological polar surface area (TPSA) is 65.5 Å². The first-order chi connectivity index (χ1) is 15.0. The van der Waals surface area contributed by atoms with Gasteiger partial charge in [-0.2, -0.15) is 0 Å². The summed E-state index contributed by atoms with van der Waals surface area (Å²) in [5.74, 6) is 0.674. The number of amides is 2. The smallest absolute Gasteiger partial charge is 0.318 e. The van der Waals surface area contributed by atoms with Gasteiger partial charge in [0.1, 0.15) is 0 Å². The van der Waals surface area contributed by atoms with Gasteiger partial charge < -0.3 is 15.1 Å². The number of aromatic nitrogens is 1. The van der Waals surface area contributed by atoms with Crippen LogP contribution in [0.25, 0.3) is 0 Å². The molecular weight excluding hydrogens is 408 g/mol. The Kier molecular flexibility index (Phi) is 7.02. The number of piperidine rings is 1. The van der Waals surface area contributed by atoms with Gasteiger partial charge >= 0.3 is 6.03 Å². The molecule has 0 radical (unpaired) electrons. The van der Waals surface area contributed by atoms with E-state index in [0.717, 1.165) is 54.1 Å². The molecule has 1 aromatic heterocycles. The zero-order valence-corrected chi connectivity index (χ0v) is 19.2. The maximum atomic E-state index is 13.0. The number of likely N-dealkylation sites (tertiary alicyclic amines) is 1. The highest BCUT2D eigenvalue weighted by Gasteiger charge is 2.25.